The zero-order chi connectivity index (χ0) is 19.2. The van der Waals surface area contributed by atoms with Gasteiger partial charge in [-0.05, 0) is 12.1 Å². The van der Waals surface area contributed by atoms with Crippen LogP contribution in [-0.2, 0) is 4.74 Å². The Labute approximate surface area is 156 Å². The summed E-state index contributed by atoms with van der Waals surface area (Å²) < 4.78 is 10.4. The zero-order valence-electron chi connectivity index (χ0n) is 17.1. The van der Waals surface area contributed by atoms with Gasteiger partial charge < -0.3 is 9.47 Å². The van der Waals surface area contributed by atoms with Crippen molar-refractivity contribution in [2.45, 2.75) is 60.5 Å². The molecular formula is C23H38O2. The van der Waals surface area contributed by atoms with Crippen molar-refractivity contribution in [1.29, 1.82) is 0 Å². The van der Waals surface area contributed by atoms with E-state index < -0.39 is 0 Å². The average Bonchev–Trinajstić information content (AvgIpc) is 3.50. The topological polar surface area (TPSA) is 21.8 Å². The molecule has 1 unspecified atom stereocenters. The molecule has 2 aromatic rings. The number of rotatable bonds is 3. The summed E-state index contributed by atoms with van der Waals surface area (Å²) in [6.45, 7) is 14.0. The van der Waals surface area contributed by atoms with Crippen LogP contribution in [0, 0.1) is 0 Å². The maximum Gasteiger partial charge on any atom is 0.119 e. The predicted octanol–water partition coefficient (Wildman–Crippen LogP) is 7.01. The van der Waals surface area contributed by atoms with Crippen LogP contribution in [0.2, 0.25) is 0 Å². The van der Waals surface area contributed by atoms with Crippen LogP contribution in [0.4, 0.5) is 0 Å². The largest absolute Gasteiger partial charge is 0.491 e. The number of hydrogen-bond acceptors (Lipinski definition) is 2. The van der Waals surface area contributed by atoms with E-state index in [2.05, 4.69) is 27.7 Å². The van der Waals surface area contributed by atoms with Gasteiger partial charge in [-0.1, -0.05) is 109 Å². The molecule has 1 fully saturated rings. The van der Waals surface area contributed by atoms with E-state index in [0.29, 0.717) is 12.7 Å². The first-order valence-corrected chi connectivity index (χ1v) is 9.57. The van der Waals surface area contributed by atoms with Crippen LogP contribution in [0.15, 0.2) is 66.7 Å². The van der Waals surface area contributed by atoms with Gasteiger partial charge in [0.2, 0.25) is 0 Å². The van der Waals surface area contributed by atoms with Crippen LogP contribution in [0.3, 0.4) is 0 Å². The van der Waals surface area contributed by atoms with E-state index in [0.717, 1.165) is 12.4 Å². The van der Waals surface area contributed by atoms with Crippen LogP contribution >= 0.6 is 0 Å². The third-order valence-corrected chi connectivity index (χ3v) is 2.25. The van der Waals surface area contributed by atoms with Crippen molar-refractivity contribution >= 4 is 0 Å². The summed E-state index contributed by atoms with van der Waals surface area (Å²) >= 11 is 0. The predicted molar refractivity (Wildman–Crippen MR) is 111 cm³/mol. The number of para-hydroxylation sites is 1. The Kier molecular flexibility index (Phi) is 22.6. The van der Waals surface area contributed by atoms with Gasteiger partial charge in [0.15, 0.2) is 0 Å². The molecule has 25 heavy (non-hydrogen) atoms. The highest BCUT2D eigenvalue weighted by Crippen LogP contribution is 2.13. The first kappa shape index (κ1) is 25.4. The van der Waals surface area contributed by atoms with E-state index in [4.69, 9.17) is 9.47 Å². The highest BCUT2D eigenvalue weighted by Gasteiger charge is 2.22. The van der Waals surface area contributed by atoms with E-state index in [9.17, 15) is 0 Å². The monoisotopic (exact) mass is 346 g/mol. The van der Waals surface area contributed by atoms with E-state index in [1.165, 1.54) is 12.8 Å². The first-order chi connectivity index (χ1) is 12.3. The van der Waals surface area contributed by atoms with E-state index in [-0.39, 0.29) is 0 Å². The molecule has 2 nitrogen and oxygen atoms in total. The average molecular weight is 347 g/mol. The maximum atomic E-state index is 5.40. The summed E-state index contributed by atoms with van der Waals surface area (Å²) in [5, 5.41) is 0. The Morgan fingerprint density at radius 3 is 1.40 bits per heavy atom. The number of hydrogen-bond donors (Lipinski definition) is 0. The van der Waals surface area contributed by atoms with Gasteiger partial charge in [-0.15, -0.1) is 0 Å². The summed E-state index contributed by atoms with van der Waals surface area (Å²) in [5.41, 5.74) is 0. The molecule has 3 rings (SSSR count). The van der Waals surface area contributed by atoms with E-state index in [1.54, 1.807) is 0 Å². The molecule has 1 saturated heterocycles. The van der Waals surface area contributed by atoms with Gasteiger partial charge in [0, 0.05) is 0 Å². The molecular weight excluding hydrogens is 308 g/mol. The molecule has 0 radical (unpaired) electrons. The van der Waals surface area contributed by atoms with E-state index in [1.807, 2.05) is 80.6 Å². The number of benzene rings is 2. The lowest BCUT2D eigenvalue weighted by molar-refractivity contribution is 0.263. The zero-order valence-corrected chi connectivity index (χ0v) is 17.1. The molecule has 2 aromatic carbocycles. The fraction of sp³-hybridized carbons (Fsp3) is 0.478. The summed E-state index contributed by atoms with van der Waals surface area (Å²) in [5.74, 6) is 0.919. The summed E-state index contributed by atoms with van der Waals surface area (Å²) in [4.78, 5) is 0. The second kappa shape index (κ2) is 22.2. The minimum absolute atomic E-state index is 0.343. The molecule has 1 heterocycles. The Morgan fingerprint density at radius 1 is 0.760 bits per heavy atom. The Balaban J connectivity index is 0. The highest BCUT2D eigenvalue weighted by atomic mass is 16.6. The lowest BCUT2D eigenvalue weighted by atomic mass is 10.3. The maximum absolute atomic E-state index is 5.40. The molecule has 142 valence electrons. The molecule has 0 spiro atoms. The smallest absolute Gasteiger partial charge is 0.119 e. The summed E-state index contributed by atoms with van der Waals surface area (Å²) in [6.07, 6.45) is 2.84. The standard InChI is InChI=1S/C9H10O2.C6H6.2C3H8.C2H6/c1-2-4-8(5-3-1)10-6-9-7-11-9;1-2-4-6-5-3-1;2*1-3-2;1-2/h1-5,9H,6-7H2;1-6H;2*3H2,1-2H3;1-2H3. The Hall–Kier alpha value is -1.80. The van der Waals surface area contributed by atoms with Gasteiger partial charge in [-0.25, -0.2) is 0 Å². The van der Waals surface area contributed by atoms with Gasteiger partial charge in [0.1, 0.15) is 18.5 Å². The molecule has 1 aliphatic heterocycles. The molecule has 0 aliphatic carbocycles. The van der Waals surface area contributed by atoms with Crippen molar-refractivity contribution < 1.29 is 9.47 Å². The summed E-state index contributed by atoms with van der Waals surface area (Å²) in [7, 11) is 0. The van der Waals surface area contributed by atoms with Crippen LogP contribution in [0.25, 0.3) is 0 Å². The second-order valence-corrected chi connectivity index (χ2v) is 5.15. The normalized spacial score (nSPS) is 13.0. The molecule has 0 aromatic heterocycles. The number of ether oxygens (including phenoxy) is 2. The van der Waals surface area contributed by atoms with Crippen molar-refractivity contribution in [1.82, 2.24) is 0 Å². The van der Waals surface area contributed by atoms with Crippen molar-refractivity contribution in [3.05, 3.63) is 66.7 Å². The second-order valence-electron chi connectivity index (χ2n) is 5.15. The van der Waals surface area contributed by atoms with Gasteiger partial charge in [0.05, 0.1) is 6.61 Å². The quantitative estimate of drug-likeness (QED) is 0.557. The molecule has 0 bridgehead atoms. The minimum Gasteiger partial charge on any atom is -0.491 e. The van der Waals surface area contributed by atoms with Crippen molar-refractivity contribution in [2.75, 3.05) is 13.2 Å². The fourth-order valence-corrected chi connectivity index (χ4v) is 1.26. The molecule has 0 amide bonds. The SMILES string of the molecule is CC.CCC.CCC.c1ccc(OCC2CO2)cc1.c1ccccc1. The lowest BCUT2D eigenvalue weighted by Crippen LogP contribution is -2.03. The van der Waals surface area contributed by atoms with Gasteiger partial charge in [0.25, 0.3) is 0 Å². The van der Waals surface area contributed by atoms with Gasteiger partial charge >= 0.3 is 0 Å². The minimum atomic E-state index is 0.343. The van der Waals surface area contributed by atoms with Crippen LogP contribution < -0.4 is 4.74 Å². The van der Waals surface area contributed by atoms with Crippen molar-refractivity contribution in [3.8, 4) is 5.75 Å². The first-order valence-electron chi connectivity index (χ1n) is 9.57. The number of epoxide rings is 1. The summed E-state index contributed by atoms with van der Waals surface area (Å²) in [6, 6.07) is 21.8. The van der Waals surface area contributed by atoms with Crippen molar-refractivity contribution in [3.63, 3.8) is 0 Å². The van der Waals surface area contributed by atoms with Gasteiger partial charge in [-0.2, -0.15) is 0 Å². The fourth-order valence-electron chi connectivity index (χ4n) is 1.26. The molecule has 0 saturated carbocycles. The molecule has 0 N–H and O–H groups in total. The van der Waals surface area contributed by atoms with Gasteiger partial charge in [-0.3, -0.25) is 0 Å². The highest BCUT2D eigenvalue weighted by molar-refractivity contribution is 5.20. The van der Waals surface area contributed by atoms with Crippen LogP contribution in [-0.4, -0.2) is 19.3 Å². The van der Waals surface area contributed by atoms with Crippen molar-refractivity contribution in [2.24, 2.45) is 0 Å². The molecule has 1 atom stereocenters. The Morgan fingerprint density at radius 2 is 1.08 bits per heavy atom. The third kappa shape index (κ3) is 22.2. The Bertz CT molecular complexity index is 396. The third-order valence-electron chi connectivity index (χ3n) is 2.25. The van der Waals surface area contributed by atoms with Crippen LogP contribution in [0.1, 0.15) is 54.4 Å². The molecule has 1 aliphatic rings. The van der Waals surface area contributed by atoms with Crippen LogP contribution in [0.5, 0.6) is 5.75 Å². The lowest BCUT2D eigenvalue weighted by Gasteiger charge is -2.01. The molecule has 2 heteroatoms. The van der Waals surface area contributed by atoms with E-state index >= 15 is 0 Å².